The minimum absolute atomic E-state index is 0.230. The molecule has 0 bridgehead atoms. The van der Waals surface area contributed by atoms with Crippen LogP contribution in [0.2, 0.25) is 0 Å². The van der Waals surface area contributed by atoms with Crippen molar-refractivity contribution in [1.29, 1.82) is 5.26 Å². The summed E-state index contributed by atoms with van der Waals surface area (Å²) < 4.78 is 14.1. The number of nitrogens with one attached hydrogen (secondary N) is 1. The highest BCUT2D eigenvalue weighted by Gasteiger charge is 2.53. The molecule has 0 unspecified atom stereocenters. The molecule has 2 aromatic carbocycles. The Kier molecular flexibility index (Phi) is 6.34. The Morgan fingerprint density at radius 3 is 2.59 bits per heavy atom. The van der Waals surface area contributed by atoms with Gasteiger partial charge in [-0.2, -0.15) is 5.26 Å². The summed E-state index contributed by atoms with van der Waals surface area (Å²) in [6, 6.07) is 16.2. The quantitative estimate of drug-likeness (QED) is 0.700. The van der Waals surface area contributed by atoms with Gasteiger partial charge in [-0.25, -0.2) is 9.18 Å². The fourth-order valence-electron chi connectivity index (χ4n) is 5.65. The molecule has 2 aromatic rings. The molecule has 1 saturated carbocycles. The average molecular weight is 460 g/mol. The Bertz CT molecular complexity index is 1130. The summed E-state index contributed by atoms with van der Waals surface area (Å²) in [5.41, 5.74) is 1.67. The number of amidine groups is 1. The van der Waals surface area contributed by atoms with E-state index in [0.29, 0.717) is 30.6 Å². The molecule has 1 aliphatic carbocycles. The first-order valence-electron chi connectivity index (χ1n) is 12.2. The maximum atomic E-state index is 14.1. The minimum atomic E-state index is -0.604. The summed E-state index contributed by atoms with van der Waals surface area (Å²) in [6.07, 6.45) is 7.07. The Labute approximate surface area is 200 Å². The number of nitriles is 1. The number of hydrogen-bond donors (Lipinski definition) is 1. The lowest BCUT2D eigenvalue weighted by molar-refractivity contribution is 0.184. The zero-order chi connectivity index (χ0) is 23.5. The van der Waals surface area contributed by atoms with Crippen LogP contribution >= 0.6 is 0 Å². The van der Waals surface area contributed by atoms with Gasteiger partial charge in [0.05, 0.1) is 17.7 Å². The van der Waals surface area contributed by atoms with Crippen molar-refractivity contribution in [2.75, 3.05) is 18.0 Å². The third-order valence-electron chi connectivity index (χ3n) is 7.47. The second-order valence-electron chi connectivity index (χ2n) is 9.59. The molecule has 3 fully saturated rings. The molecule has 6 nitrogen and oxygen atoms in total. The monoisotopic (exact) mass is 459 g/mol. The predicted molar refractivity (Wildman–Crippen MR) is 130 cm³/mol. The first-order valence-corrected chi connectivity index (χ1v) is 12.2. The fourth-order valence-corrected chi connectivity index (χ4v) is 5.65. The average Bonchev–Trinajstić information content (AvgIpc) is 3.11. The highest BCUT2D eigenvalue weighted by Crippen LogP contribution is 2.39. The van der Waals surface area contributed by atoms with Gasteiger partial charge in [0, 0.05) is 25.3 Å². The maximum Gasteiger partial charge on any atom is 0.328 e. The number of rotatable bonds is 4. The molecule has 0 aromatic heterocycles. The highest BCUT2D eigenvalue weighted by molar-refractivity contribution is 6.19. The number of piperidine rings is 1. The molecule has 2 heterocycles. The number of carbonyl (C=O) groups excluding carboxylic acids is 1. The lowest BCUT2D eigenvalue weighted by atomic mass is 9.84. The Hall–Kier alpha value is -3.24. The van der Waals surface area contributed by atoms with Crippen molar-refractivity contribution in [2.24, 2.45) is 4.99 Å². The van der Waals surface area contributed by atoms with E-state index in [-0.39, 0.29) is 17.9 Å². The third kappa shape index (κ3) is 4.30. The summed E-state index contributed by atoms with van der Waals surface area (Å²) in [5.74, 6) is 0.384. The summed E-state index contributed by atoms with van der Waals surface area (Å²) in [4.78, 5) is 22.4. The molecule has 176 valence electrons. The van der Waals surface area contributed by atoms with Gasteiger partial charge in [0.15, 0.2) is 0 Å². The van der Waals surface area contributed by atoms with Crippen molar-refractivity contribution in [2.45, 2.75) is 63.1 Å². The van der Waals surface area contributed by atoms with Gasteiger partial charge in [-0.15, -0.1) is 0 Å². The molecule has 7 heteroatoms. The van der Waals surface area contributed by atoms with E-state index in [0.717, 1.165) is 37.3 Å². The lowest BCUT2D eigenvalue weighted by Gasteiger charge is -2.44. The van der Waals surface area contributed by atoms with Crippen molar-refractivity contribution in [1.82, 2.24) is 10.2 Å². The molecule has 1 spiro atoms. The number of hydrogen-bond acceptors (Lipinski definition) is 4. The molecule has 34 heavy (non-hydrogen) atoms. The Balaban J connectivity index is 1.44. The minimum Gasteiger partial charge on any atom is -0.299 e. The number of likely N-dealkylation sites (tertiary alicyclic amines) is 1. The van der Waals surface area contributed by atoms with Gasteiger partial charge in [-0.05, 0) is 55.5 Å². The number of aliphatic imine (C=N–C) groups is 1. The van der Waals surface area contributed by atoms with Crippen LogP contribution in [0.1, 0.15) is 56.1 Å². The summed E-state index contributed by atoms with van der Waals surface area (Å²) >= 11 is 0. The molecule has 3 aliphatic rings. The molecule has 2 amide bonds. The maximum absolute atomic E-state index is 14.1. The van der Waals surface area contributed by atoms with Crippen molar-refractivity contribution in [3.8, 4) is 6.07 Å². The smallest absolute Gasteiger partial charge is 0.299 e. The molecule has 1 N–H and O–H groups in total. The van der Waals surface area contributed by atoms with Crippen LogP contribution in [0, 0.1) is 17.1 Å². The molecule has 0 radical (unpaired) electrons. The SMILES string of the molecule is N#Cc1ccccc1CN1CCC2(CC1)C(=NC1CCCCC1)NC(=O)N2c1cccc(F)c1. The van der Waals surface area contributed by atoms with Gasteiger partial charge < -0.3 is 0 Å². The van der Waals surface area contributed by atoms with E-state index in [1.807, 2.05) is 24.3 Å². The first kappa shape index (κ1) is 22.5. The number of halogens is 1. The Morgan fingerprint density at radius 2 is 1.85 bits per heavy atom. The normalized spacial score (nSPS) is 22.2. The van der Waals surface area contributed by atoms with Crippen LogP contribution in [0.4, 0.5) is 14.9 Å². The second-order valence-corrected chi connectivity index (χ2v) is 9.59. The second kappa shape index (κ2) is 9.55. The zero-order valence-electron chi connectivity index (χ0n) is 19.3. The summed E-state index contributed by atoms with van der Waals surface area (Å²) in [7, 11) is 0. The number of nitrogens with zero attached hydrogens (tertiary/aromatic N) is 4. The van der Waals surface area contributed by atoms with Crippen molar-refractivity contribution in [3.63, 3.8) is 0 Å². The van der Waals surface area contributed by atoms with Gasteiger partial charge in [0.1, 0.15) is 17.2 Å². The van der Waals surface area contributed by atoms with E-state index in [4.69, 9.17) is 4.99 Å². The standard InChI is InChI=1S/C27H30FN5O/c28-22-9-6-12-24(17-22)33-26(34)31-25(30-23-10-2-1-3-11-23)27(33)13-15-32(16-14-27)19-21-8-5-4-7-20(21)18-29/h4-9,12,17,23H,1-3,10-11,13-16,19H2,(H,30,31,34). The number of carbonyl (C=O) groups is 1. The van der Waals surface area contributed by atoms with Crippen LogP contribution in [0.5, 0.6) is 0 Å². The predicted octanol–water partition coefficient (Wildman–Crippen LogP) is 4.99. The van der Waals surface area contributed by atoms with Gasteiger partial charge in [0.25, 0.3) is 0 Å². The third-order valence-corrected chi connectivity index (χ3v) is 7.47. The molecular formula is C27H30FN5O. The van der Waals surface area contributed by atoms with Crippen molar-refractivity contribution in [3.05, 3.63) is 65.5 Å². The van der Waals surface area contributed by atoms with Gasteiger partial charge in [0.2, 0.25) is 0 Å². The highest BCUT2D eigenvalue weighted by atomic mass is 19.1. The molecule has 2 aliphatic heterocycles. The van der Waals surface area contributed by atoms with Crippen molar-refractivity contribution >= 4 is 17.6 Å². The van der Waals surface area contributed by atoms with E-state index in [2.05, 4.69) is 16.3 Å². The summed E-state index contributed by atoms with van der Waals surface area (Å²) in [6.45, 7) is 2.20. The van der Waals surface area contributed by atoms with Gasteiger partial charge >= 0.3 is 6.03 Å². The Morgan fingerprint density at radius 1 is 1.09 bits per heavy atom. The summed E-state index contributed by atoms with van der Waals surface area (Å²) in [5, 5.41) is 12.5. The number of amides is 2. The number of anilines is 1. The van der Waals surface area contributed by atoms with Crippen LogP contribution in [-0.4, -0.2) is 41.4 Å². The van der Waals surface area contributed by atoms with Crippen LogP contribution in [-0.2, 0) is 6.54 Å². The molecule has 2 saturated heterocycles. The number of benzene rings is 2. The van der Waals surface area contributed by atoms with Crippen LogP contribution in [0.15, 0.2) is 53.5 Å². The fraction of sp³-hybridized carbons (Fsp3) is 0.444. The van der Waals surface area contributed by atoms with Gasteiger partial charge in [-0.1, -0.05) is 43.5 Å². The zero-order valence-corrected chi connectivity index (χ0v) is 19.3. The van der Waals surface area contributed by atoms with Crippen LogP contribution in [0.25, 0.3) is 0 Å². The molecule has 0 atom stereocenters. The first-order chi connectivity index (χ1) is 16.6. The molecular weight excluding hydrogens is 429 g/mol. The molecule has 5 rings (SSSR count). The van der Waals surface area contributed by atoms with Gasteiger partial charge in [-0.3, -0.25) is 20.1 Å². The lowest BCUT2D eigenvalue weighted by Crippen LogP contribution is -2.57. The van der Waals surface area contributed by atoms with E-state index >= 15 is 0 Å². The largest absolute Gasteiger partial charge is 0.328 e. The topological polar surface area (TPSA) is 71.7 Å². The van der Waals surface area contributed by atoms with Crippen molar-refractivity contribution < 1.29 is 9.18 Å². The van der Waals surface area contributed by atoms with E-state index in [1.54, 1.807) is 17.0 Å². The number of urea groups is 1. The van der Waals surface area contributed by atoms with E-state index < -0.39 is 5.54 Å². The van der Waals surface area contributed by atoms with E-state index in [1.165, 1.54) is 31.4 Å². The van der Waals surface area contributed by atoms with Crippen LogP contribution in [0.3, 0.4) is 0 Å². The van der Waals surface area contributed by atoms with Crippen LogP contribution < -0.4 is 10.2 Å². The van der Waals surface area contributed by atoms with E-state index in [9.17, 15) is 14.4 Å².